The van der Waals surface area contributed by atoms with Gasteiger partial charge in [0, 0.05) is 54.1 Å². The van der Waals surface area contributed by atoms with Gasteiger partial charge in [-0.3, -0.25) is 14.5 Å². The van der Waals surface area contributed by atoms with Crippen molar-refractivity contribution in [1.82, 2.24) is 14.9 Å². The number of nitrogens with one attached hydrogen (secondary N) is 1. The van der Waals surface area contributed by atoms with Crippen LogP contribution in [0, 0.1) is 0 Å². The van der Waals surface area contributed by atoms with Gasteiger partial charge in [0.15, 0.2) is 5.82 Å². The molecule has 0 aliphatic carbocycles. The highest BCUT2D eigenvalue weighted by Gasteiger charge is 2.43. The lowest BCUT2D eigenvalue weighted by Gasteiger charge is -2.36. The Morgan fingerprint density at radius 1 is 1.17 bits per heavy atom. The van der Waals surface area contributed by atoms with Gasteiger partial charge in [0.05, 0.1) is 25.4 Å². The van der Waals surface area contributed by atoms with Crippen molar-refractivity contribution in [3.63, 3.8) is 0 Å². The number of amides is 1. The third-order valence-electron chi connectivity index (χ3n) is 8.48. The number of methoxy groups -OCH3 is 1. The van der Waals surface area contributed by atoms with Gasteiger partial charge in [-0.15, -0.1) is 0 Å². The predicted molar refractivity (Wildman–Crippen MR) is 160 cm³/mol. The standard InChI is InChI=1S/C31H37N7O3/c1-4-36-17-24-13-23(36)18-37(24)27-15-28(40-3)26(14-25(27)20(2)31(32)39)35-29-16-30(34-19-33-29)38-22(10-11-41-38)12-21-8-6-5-7-9-21/h5-9,14-16,19,22-24H,2,4,10-13,17-18H2,1,3H3,(H2,32,39)(H,33,34,35)/t22-,23-,24-/m1/s1. The Labute approximate surface area is 240 Å². The average Bonchev–Trinajstić information content (AvgIpc) is 3.73. The molecule has 3 atom stereocenters. The number of hydrogen-bond acceptors (Lipinski definition) is 9. The van der Waals surface area contributed by atoms with Gasteiger partial charge in [-0.25, -0.2) is 15.0 Å². The van der Waals surface area contributed by atoms with Crippen LogP contribution in [-0.4, -0.2) is 72.3 Å². The molecule has 10 heteroatoms. The Kier molecular flexibility index (Phi) is 7.51. The number of primary amides is 1. The quantitative estimate of drug-likeness (QED) is 0.362. The van der Waals surface area contributed by atoms with Crippen LogP contribution in [0.4, 0.5) is 23.0 Å². The normalized spacial score (nSPS) is 21.9. The second-order valence-electron chi connectivity index (χ2n) is 10.9. The van der Waals surface area contributed by atoms with E-state index in [1.807, 2.05) is 29.3 Å². The fourth-order valence-corrected chi connectivity index (χ4v) is 6.39. The lowest BCUT2D eigenvalue weighted by Crippen LogP contribution is -2.46. The second-order valence-corrected chi connectivity index (χ2v) is 10.9. The number of hydroxylamine groups is 1. The lowest BCUT2D eigenvalue weighted by atomic mass is 10.0. The number of anilines is 4. The predicted octanol–water partition coefficient (Wildman–Crippen LogP) is 3.76. The van der Waals surface area contributed by atoms with Crippen LogP contribution < -0.4 is 25.8 Å². The number of aromatic nitrogens is 2. The molecule has 3 aliphatic heterocycles. The molecule has 3 N–H and O–H groups in total. The number of piperazine rings is 1. The fourth-order valence-electron chi connectivity index (χ4n) is 6.39. The fraction of sp³-hybridized carbons (Fsp3) is 0.387. The summed E-state index contributed by atoms with van der Waals surface area (Å²) in [5, 5.41) is 5.25. The minimum Gasteiger partial charge on any atom is -0.494 e. The molecule has 0 spiro atoms. The lowest BCUT2D eigenvalue weighted by molar-refractivity contribution is -0.112. The second kappa shape index (κ2) is 11.4. The van der Waals surface area contributed by atoms with E-state index in [1.165, 1.54) is 11.9 Å². The van der Waals surface area contributed by atoms with Crippen molar-refractivity contribution in [3.8, 4) is 5.75 Å². The number of carbonyl (C=O) groups excluding carboxylic acids is 1. The number of fused-ring (bicyclic) bond motifs is 2. The molecule has 4 heterocycles. The van der Waals surface area contributed by atoms with Crippen LogP contribution in [0.1, 0.15) is 30.9 Å². The Morgan fingerprint density at radius 3 is 2.71 bits per heavy atom. The largest absolute Gasteiger partial charge is 0.494 e. The summed E-state index contributed by atoms with van der Waals surface area (Å²) in [5.74, 6) is 1.33. The van der Waals surface area contributed by atoms with Crippen LogP contribution in [0.15, 0.2) is 61.4 Å². The molecule has 2 bridgehead atoms. The van der Waals surface area contributed by atoms with Gasteiger partial charge in [-0.1, -0.05) is 43.8 Å². The maximum atomic E-state index is 12.3. The van der Waals surface area contributed by atoms with E-state index in [-0.39, 0.29) is 11.6 Å². The molecule has 10 nitrogen and oxygen atoms in total. The van der Waals surface area contributed by atoms with Crippen molar-refractivity contribution >= 4 is 34.5 Å². The van der Waals surface area contributed by atoms with E-state index < -0.39 is 5.91 Å². The van der Waals surface area contributed by atoms with E-state index in [2.05, 4.69) is 62.9 Å². The number of carbonyl (C=O) groups is 1. The van der Waals surface area contributed by atoms with Gasteiger partial charge in [0.25, 0.3) is 0 Å². The van der Waals surface area contributed by atoms with E-state index in [1.54, 1.807) is 7.11 Å². The van der Waals surface area contributed by atoms with Crippen molar-refractivity contribution in [1.29, 1.82) is 0 Å². The number of nitrogens with zero attached hydrogens (tertiary/aromatic N) is 5. The van der Waals surface area contributed by atoms with Crippen molar-refractivity contribution in [2.45, 2.75) is 44.3 Å². The molecule has 3 aromatic rings. The first-order valence-electron chi connectivity index (χ1n) is 14.2. The van der Waals surface area contributed by atoms with E-state index in [9.17, 15) is 4.79 Å². The topological polar surface area (TPSA) is 109 Å². The highest BCUT2D eigenvalue weighted by Crippen LogP contribution is 2.43. The third-order valence-corrected chi connectivity index (χ3v) is 8.48. The molecular formula is C31H37N7O3. The van der Waals surface area contributed by atoms with E-state index >= 15 is 0 Å². The van der Waals surface area contributed by atoms with Gasteiger partial charge >= 0.3 is 0 Å². The highest BCUT2D eigenvalue weighted by atomic mass is 16.7. The summed E-state index contributed by atoms with van der Waals surface area (Å²) >= 11 is 0. The number of ether oxygens (including phenoxy) is 1. The van der Waals surface area contributed by atoms with Gasteiger partial charge in [-0.05, 0) is 37.4 Å². The van der Waals surface area contributed by atoms with Crippen LogP contribution in [0.5, 0.6) is 5.75 Å². The van der Waals surface area contributed by atoms with E-state index in [4.69, 9.17) is 15.3 Å². The molecule has 3 fully saturated rings. The Hall–Kier alpha value is -4.15. The maximum Gasteiger partial charge on any atom is 0.248 e. The summed E-state index contributed by atoms with van der Waals surface area (Å²) in [4.78, 5) is 32.1. The molecular weight excluding hydrogens is 518 g/mol. The summed E-state index contributed by atoms with van der Waals surface area (Å²) in [7, 11) is 1.64. The number of likely N-dealkylation sites (tertiary alicyclic amines) is 1. The summed E-state index contributed by atoms with van der Waals surface area (Å²) in [6.07, 6.45) is 4.38. The summed E-state index contributed by atoms with van der Waals surface area (Å²) in [6.45, 7) is 9.80. The van der Waals surface area contributed by atoms with Gasteiger partial charge < -0.3 is 20.7 Å². The minimum atomic E-state index is -0.554. The molecule has 3 saturated heterocycles. The maximum absolute atomic E-state index is 12.3. The van der Waals surface area contributed by atoms with Crippen LogP contribution >= 0.6 is 0 Å². The van der Waals surface area contributed by atoms with Crippen molar-refractivity contribution in [3.05, 3.63) is 72.6 Å². The molecule has 2 aromatic carbocycles. The number of rotatable bonds is 10. The van der Waals surface area contributed by atoms with Crippen molar-refractivity contribution < 1.29 is 14.4 Å². The average molecular weight is 556 g/mol. The van der Waals surface area contributed by atoms with Crippen molar-refractivity contribution in [2.75, 3.05) is 48.6 Å². The Balaban J connectivity index is 1.28. The number of likely N-dealkylation sites (N-methyl/N-ethyl adjacent to an activating group) is 1. The highest BCUT2D eigenvalue weighted by molar-refractivity contribution is 6.19. The molecule has 3 aliphatic rings. The van der Waals surface area contributed by atoms with Crippen LogP contribution in [0.3, 0.4) is 0 Å². The monoisotopic (exact) mass is 555 g/mol. The molecule has 214 valence electrons. The Bertz CT molecular complexity index is 1430. The SMILES string of the molecule is C=C(C(N)=O)c1cc(Nc2cc(N3OCC[C@@H]3Cc3ccccc3)ncn2)c(OC)cc1N1C[C@H]2C[C@@H]1CN2CC. The smallest absolute Gasteiger partial charge is 0.248 e. The zero-order valence-electron chi connectivity index (χ0n) is 23.6. The number of nitrogens with two attached hydrogens (primary N) is 1. The van der Waals surface area contributed by atoms with E-state index in [0.717, 1.165) is 44.6 Å². The first-order chi connectivity index (χ1) is 19.9. The van der Waals surface area contributed by atoms with Gasteiger partial charge in [-0.2, -0.15) is 0 Å². The zero-order chi connectivity index (χ0) is 28.5. The number of benzene rings is 2. The molecule has 1 aromatic heterocycles. The van der Waals surface area contributed by atoms with Gasteiger partial charge in [0.2, 0.25) is 5.91 Å². The zero-order valence-corrected chi connectivity index (χ0v) is 23.6. The molecule has 0 saturated carbocycles. The minimum absolute atomic E-state index is 0.166. The molecule has 1 amide bonds. The molecule has 6 rings (SSSR count). The van der Waals surface area contributed by atoms with Crippen LogP contribution in [0.25, 0.3) is 5.57 Å². The first-order valence-corrected chi connectivity index (χ1v) is 14.2. The van der Waals surface area contributed by atoms with Crippen LogP contribution in [0.2, 0.25) is 0 Å². The Morgan fingerprint density at radius 2 is 2.00 bits per heavy atom. The van der Waals surface area contributed by atoms with E-state index in [0.29, 0.717) is 47.3 Å². The molecule has 41 heavy (non-hydrogen) atoms. The van der Waals surface area contributed by atoms with Crippen LogP contribution in [-0.2, 0) is 16.1 Å². The first kappa shape index (κ1) is 27.0. The van der Waals surface area contributed by atoms with Gasteiger partial charge in [0.1, 0.15) is 17.9 Å². The summed E-state index contributed by atoms with van der Waals surface area (Å²) in [5.41, 5.74) is 9.50. The molecule has 0 unspecified atom stereocenters. The number of hydrogen-bond donors (Lipinski definition) is 2. The molecule has 0 radical (unpaired) electrons. The third kappa shape index (κ3) is 5.32. The summed E-state index contributed by atoms with van der Waals surface area (Å²) < 4.78 is 5.82. The van der Waals surface area contributed by atoms with Crippen molar-refractivity contribution in [2.24, 2.45) is 5.73 Å². The summed E-state index contributed by atoms with van der Waals surface area (Å²) in [6, 6.07) is 17.1.